The Morgan fingerprint density at radius 3 is 1.18 bits per heavy atom. The number of aliphatic carboxylic acids is 1. The third-order valence-corrected chi connectivity index (χ3v) is 10.9. The van der Waals surface area contributed by atoms with Gasteiger partial charge in [0.1, 0.15) is 12.6 Å². The molecule has 0 aliphatic rings. The molecule has 0 aliphatic carbocycles. The number of carboxylic acids is 1. The maximum atomic E-state index is 12.8. The van der Waals surface area contributed by atoms with Crippen molar-refractivity contribution < 1.29 is 38.2 Å². The van der Waals surface area contributed by atoms with Crippen LogP contribution in [-0.2, 0) is 28.6 Å². The minimum Gasteiger partial charge on any atom is -0.544 e. The molecule has 66 heavy (non-hydrogen) atoms. The number of rotatable bonds is 45. The van der Waals surface area contributed by atoms with E-state index in [-0.39, 0.29) is 49.1 Å². The van der Waals surface area contributed by atoms with Gasteiger partial charge in [0.05, 0.1) is 40.3 Å². The van der Waals surface area contributed by atoms with Crippen molar-refractivity contribution >= 4 is 17.9 Å². The molecule has 0 saturated carbocycles. The first-order chi connectivity index (χ1) is 32.1. The number of nitrogens with zero attached hydrogens (tertiary/aromatic N) is 1. The van der Waals surface area contributed by atoms with Crippen molar-refractivity contribution in [2.24, 2.45) is 0 Å². The van der Waals surface area contributed by atoms with E-state index >= 15 is 0 Å². The van der Waals surface area contributed by atoms with Gasteiger partial charge < -0.3 is 28.6 Å². The van der Waals surface area contributed by atoms with Gasteiger partial charge in [-0.3, -0.25) is 9.59 Å². The summed E-state index contributed by atoms with van der Waals surface area (Å²) in [5, 5.41) is 11.7. The van der Waals surface area contributed by atoms with Gasteiger partial charge in [-0.2, -0.15) is 0 Å². The quantitative estimate of drug-likeness (QED) is 0.0259. The van der Waals surface area contributed by atoms with Crippen molar-refractivity contribution in [3.05, 3.63) is 109 Å². The van der Waals surface area contributed by atoms with Gasteiger partial charge in [-0.1, -0.05) is 181 Å². The molecule has 2 unspecified atom stereocenters. The van der Waals surface area contributed by atoms with E-state index in [9.17, 15) is 19.5 Å². The van der Waals surface area contributed by atoms with Gasteiger partial charge in [0.2, 0.25) is 0 Å². The van der Waals surface area contributed by atoms with Crippen molar-refractivity contribution in [2.75, 3.05) is 41.0 Å². The summed E-state index contributed by atoms with van der Waals surface area (Å²) in [6.07, 6.45) is 65.4. The summed E-state index contributed by atoms with van der Waals surface area (Å²) in [6, 6.07) is -0.739. The molecular formula is C58H95NO7. The van der Waals surface area contributed by atoms with Crippen LogP contribution in [0.4, 0.5) is 0 Å². The molecule has 0 saturated heterocycles. The highest BCUT2D eigenvalue weighted by Crippen LogP contribution is 2.14. The Morgan fingerprint density at radius 1 is 0.455 bits per heavy atom. The zero-order valence-corrected chi connectivity index (χ0v) is 42.6. The fraction of sp³-hybridized carbons (Fsp3) is 0.638. The summed E-state index contributed by atoms with van der Waals surface area (Å²) in [6.45, 7) is 4.40. The van der Waals surface area contributed by atoms with Crippen LogP contribution in [0.25, 0.3) is 0 Å². The van der Waals surface area contributed by atoms with Crippen LogP contribution < -0.4 is 5.11 Å². The third kappa shape index (κ3) is 45.2. The summed E-state index contributed by atoms with van der Waals surface area (Å²) >= 11 is 0. The second kappa shape index (κ2) is 47.5. The van der Waals surface area contributed by atoms with Gasteiger partial charge in [0, 0.05) is 19.3 Å². The molecule has 0 spiro atoms. The van der Waals surface area contributed by atoms with Crippen molar-refractivity contribution in [2.45, 2.75) is 199 Å². The number of carbonyl (C=O) groups is 3. The van der Waals surface area contributed by atoms with Crippen molar-refractivity contribution in [3.8, 4) is 0 Å². The first-order valence-corrected chi connectivity index (χ1v) is 25.9. The monoisotopic (exact) mass is 918 g/mol. The second-order valence-corrected chi connectivity index (χ2v) is 18.0. The average molecular weight is 918 g/mol. The Labute approximate surface area is 404 Å². The third-order valence-electron chi connectivity index (χ3n) is 10.9. The Balaban J connectivity index is 4.32. The average Bonchev–Trinajstić information content (AvgIpc) is 3.28. The molecule has 0 rings (SSSR count). The number of ether oxygens (including phenoxy) is 3. The number of unbranched alkanes of at least 4 members (excludes halogenated alkanes) is 13. The lowest BCUT2D eigenvalue weighted by Gasteiger charge is -2.34. The van der Waals surface area contributed by atoms with Crippen LogP contribution in [0.1, 0.15) is 187 Å². The lowest BCUT2D eigenvalue weighted by atomic mass is 10.1. The molecule has 0 fully saturated rings. The number of quaternary nitrogens is 1. The zero-order chi connectivity index (χ0) is 48.4. The number of hydrogen-bond acceptors (Lipinski definition) is 7. The number of carbonyl (C=O) groups excluding carboxylic acids is 3. The minimum atomic E-state index is -1.13. The van der Waals surface area contributed by atoms with Crippen molar-refractivity contribution in [1.29, 1.82) is 0 Å². The Morgan fingerprint density at radius 2 is 0.803 bits per heavy atom. The summed E-state index contributed by atoms with van der Waals surface area (Å²) in [5.74, 6) is -1.79. The SMILES string of the molecule is CC/C=C/C/C=C/C/C=C/C/C=C/C/C=C/CCCCCCC(=O)OC(COCCC(C(=O)[O-])[N+](C)(C)C)COC(=O)CCCCCCCCCCC/C=C/C/C=C/C/C=C/C/C=C/CC. The number of allylic oxidation sites excluding steroid dienone is 18. The van der Waals surface area contributed by atoms with Gasteiger partial charge in [-0.05, 0) is 96.3 Å². The maximum absolute atomic E-state index is 12.8. The maximum Gasteiger partial charge on any atom is 0.306 e. The topological polar surface area (TPSA) is 102 Å². The van der Waals surface area contributed by atoms with Crippen LogP contribution in [-0.4, -0.2) is 75.5 Å². The molecule has 8 heteroatoms. The Kier molecular flexibility index (Phi) is 44.6. The molecule has 0 aliphatic heterocycles. The van der Waals surface area contributed by atoms with Crippen LogP contribution in [0.5, 0.6) is 0 Å². The van der Waals surface area contributed by atoms with Crippen LogP contribution in [0.15, 0.2) is 109 Å². The Bertz CT molecular complexity index is 1440. The molecule has 374 valence electrons. The summed E-state index contributed by atoms with van der Waals surface area (Å²) in [4.78, 5) is 37.1. The van der Waals surface area contributed by atoms with Gasteiger partial charge >= 0.3 is 11.9 Å². The zero-order valence-electron chi connectivity index (χ0n) is 42.6. The smallest absolute Gasteiger partial charge is 0.306 e. The molecular weight excluding hydrogens is 823 g/mol. The molecule has 8 nitrogen and oxygen atoms in total. The van der Waals surface area contributed by atoms with Gasteiger partial charge in [-0.15, -0.1) is 0 Å². The molecule has 0 aromatic rings. The lowest BCUT2D eigenvalue weighted by molar-refractivity contribution is -0.889. The Hall–Kier alpha value is -4.01. The van der Waals surface area contributed by atoms with E-state index in [2.05, 4.69) is 123 Å². The summed E-state index contributed by atoms with van der Waals surface area (Å²) < 4.78 is 17.2. The van der Waals surface area contributed by atoms with E-state index < -0.39 is 18.1 Å². The molecule has 2 atom stereocenters. The highest BCUT2D eigenvalue weighted by atomic mass is 16.6. The normalized spacial score (nSPS) is 13.8. The van der Waals surface area contributed by atoms with Crippen molar-refractivity contribution in [3.63, 3.8) is 0 Å². The molecule has 0 N–H and O–H groups in total. The van der Waals surface area contributed by atoms with Gasteiger partial charge in [-0.25, -0.2) is 0 Å². The number of esters is 2. The van der Waals surface area contributed by atoms with E-state index in [0.717, 1.165) is 116 Å². The van der Waals surface area contributed by atoms with Crippen LogP contribution in [0.3, 0.4) is 0 Å². The summed E-state index contributed by atoms with van der Waals surface area (Å²) in [5.41, 5.74) is 0. The first kappa shape index (κ1) is 62.0. The van der Waals surface area contributed by atoms with Gasteiger partial charge in [0.15, 0.2) is 6.10 Å². The molecule has 0 aromatic heterocycles. The fourth-order valence-electron chi connectivity index (χ4n) is 6.97. The lowest BCUT2D eigenvalue weighted by Crippen LogP contribution is -2.55. The number of carboxylic acid groups (broad SMARTS) is 1. The van der Waals surface area contributed by atoms with Gasteiger partial charge in [0.25, 0.3) is 0 Å². The largest absolute Gasteiger partial charge is 0.544 e. The van der Waals surface area contributed by atoms with E-state index in [0.29, 0.717) is 6.42 Å². The molecule has 0 radical (unpaired) electrons. The molecule has 0 aromatic carbocycles. The number of hydrogen-bond donors (Lipinski definition) is 0. The molecule has 0 heterocycles. The van der Waals surface area contributed by atoms with E-state index in [1.165, 1.54) is 38.5 Å². The molecule has 0 bridgehead atoms. The van der Waals surface area contributed by atoms with E-state index in [4.69, 9.17) is 14.2 Å². The predicted molar refractivity (Wildman–Crippen MR) is 277 cm³/mol. The fourth-order valence-corrected chi connectivity index (χ4v) is 6.97. The van der Waals surface area contributed by atoms with Crippen LogP contribution >= 0.6 is 0 Å². The molecule has 0 amide bonds. The highest BCUT2D eigenvalue weighted by molar-refractivity contribution is 5.70. The van der Waals surface area contributed by atoms with Crippen LogP contribution in [0, 0.1) is 0 Å². The minimum absolute atomic E-state index is 0.0214. The number of likely N-dealkylation sites (N-methyl/N-ethyl adjacent to an activating group) is 1. The first-order valence-electron chi connectivity index (χ1n) is 25.9. The van der Waals surface area contributed by atoms with Crippen molar-refractivity contribution in [1.82, 2.24) is 0 Å². The highest BCUT2D eigenvalue weighted by Gasteiger charge is 2.25. The predicted octanol–water partition coefficient (Wildman–Crippen LogP) is 13.9. The summed E-state index contributed by atoms with van der Waals surface area (Å²) in [7, 11) is 5.39. The van der Waals surface area contributed by atoms with Crippen LogP contribution in [0.2, 0.25) is 0 Å². The second-order valence-electron chi connectivity index (χ2n) is 18.0. The van der Waals surface area contributed by atoms with E-state index in [1.54, 1.807) is 21.1 Å². The van der Waals surface area contributed by atoms with E-state index in [1.807, 2.05) is 0 Å². The standard InChI is InChI=1S/C58H95NO7/c1-6-8-10-12-14-16-18-20-22-24-26-28-29-31-32-34-36-38-40-42-44-46-48-56(60)65-53-54(52-64-51-50-55(58(62)63)59(3,4)5)66-57(61)49-47-45-43-41-39-37-35-33-30-27-25-23-21-19-17-15-13-11-9-7-2/h8-11,14-17,20-23,26-28,30,35,37,54-55H,6-7,12-13,18-19,24-25,29,31-34,36,38-53H2,1-5H3/b10-8+,11-9+,16-14+,17-15+,22-20+,23-21+,28-26+,30-27+,37-35+.